The number of carbonyl (C=O) groups excluding carboxylic acids is 1. The van der Waals surface area contributed by atoms with E-state index in [-0.39, 0.29) is 15.9 Å². The Kier molecular flexibility index (Phi) is 3.05. The summed E-state index contributed by atoms with van der Waals surface area (Å²) in [6, 6.07) is 6.11. The summed E-state index contributed by atoms with van der Waals surface area (Å²) >= 11 is 3.02. The van der Waals surface area contributed by atoms with E-state index in [0.29, 0.717) is 0 Å². The number of carbonyl (C=O) groups is 1. The average molecular weight is 281 g/mol. The van der Waals surface area contributed by atoms with Crippen LogP contribution in [0.3, 0.4) is 0 Å². The van der Waals surface area contributed by atoms with E-state index in [9.17, 15) is 9.18 Å². The van der Waals surface area contributed by atoms with Gasteiger partial charge in [0.2, 0.25) is 11.6 Å². The molecule has 80 valence electrons. The molecule has 0 atom stereocenters. The van der Waals surface area contributed by atoms with Gasteiger partial charge in [0.25, 0.3) is 0 Å². The monoisotopic (exact) mass is 280 g/mol. The number of halogens is 2. The number of aromatic nitrogens is 2. The minimum Gasteiger partial charge on any atom is -0.285 e. The molecule has 0 bridgehead atoms. The molecule has 0 N–H and O–H groups in total. The third kappa shape index (κ3) is 1.99. The van der Waals surface area contributed by atoms with E-state index in [1.165, 1.54) is 24.5 Å². The molecular weight excluding hydrogens is 275 g/mol. The summed E-state index contributed by atoms with van der Waals surface area (Å²) in [5, 5.41) is 0. The van der Waals surface area contributed by atoms with Gasteiger partial charge in [0.1, 0.15) is 5.82 Å². The fraction of sp³-hybridized carbons (Fsp3) is 0. The van der Waals surface area contributed by atoms with Crippen LogP contribution in [0.5, 0.6) is 0 Å². The summed E-state index contributed by atoms with van der Waals surface area (Å²) in [6.07, 6.45) is 2.88. The second-order valence-electron chi connectivity index (χ2n) is 3.00. The first-order chi connectivity index (χ1) is 7.70. The molecule has 3 nitrogen and oxygen atoms in total. The SMILES string of the molecule is O=C(c1ncccn1)c1cccc(Br)c1F. The van der Waals surface area contributed by atoms with Crippen LogP contribution in [0.2, 0.25) is 0 Å². The van der Waals surface area contributed by atoms with Gasteiger partial charge in [-0.1, -0.05) is 6.07 Å². The Bertz CT molecular complexity index is 531. The highest BCUT2D eigenvalue weighted by molar-refractivity contribution is 9.10. The second kappa shape index (κ2) is 4.49. The predicted octanol–water partition coefficient (Wildman–Crippen LogP) is 2.61. The topological polar surface area (TPSA) is 42.9 Å². The lowest BCUT2D eigenvalue weighted by Gasteiger charge is -2.02. The second-order valence-corrected chi connectivity index (χ2v) is 3.86. The lowest BCUT2D eigenvalue weighted by molar-refractivity contribution is 0.102. The lowest BCUT2D eigenvalue weighted by atomic mass is 10.1. The first-order valence-corrected chi connectivity index (χ1v) is 5.25. The van der Waals surface area contributed by atoms with Gasteiger partial charge in [-0.15, -0.1) is 0 Å². The molecule has 1 aromatic heterocycles. The van der Waals surface area contributed by atoms with Crippen LogP contribution in [0.15, 0.2) is 41.1 Å². The molecular formula is C11H6BrFN2O. The van der Waals surface area contributed by atoms with Crippen LogP contribution in [0.25, 0.3) is 0 Å². The maximum absolute atomic E-state index is 13.6. The maximum atomic E-state index is 13.6. The van der Waals surface area contributed by atoms with Crippen LogP contribution in [-0.4, -0.2) is 15.8 Å². The molecule has 0 aliphatic rings. The molecule has 0 aliphatic carbocycles. The van der Waals surface area contributed by atoms with E-state index in [1.807, 2.05) is 0 Å². The third-order valence-corrected chi connectivity index (χ3v) is 2.58. The summed E-state index contributed by atoms with van der Waals surface area (Å²) < 4.78 is 13.9. The van der Waals surface area contributed by atoms with E-state index in [4.69, 9.17) is 0 Å². The van der Waals surface area contributed by atoms with Crippen molar-refractivity contribution in [2.45, 2.75) is 0 Å². The van der Waals surface area contributed by atoms with Gasteiger partial charge >= 0.3 is 0 Å². The van der Waals surface area contributed by atoms with Crippen molar-refractivity contribution in [2.75, 3.05) is 0 Å². The minimum atomic E-state index is -0.597. The van der Waals surface area contributed by atoms with Gasteiger partial charge in [-0.05, 0) is 34.1 Å². The molecule has 5 heteroatoms. The number of nitrogens with zero attached hydrogens (tertiary/aromatic N) is 2. The summed E-state index contributed by atoms with van der Waals surface area (Å²) in [7, 11) is 0. The zero-order valence-corrected chi connectivity index (χ0v) is 9.61. The van der Waals surface area contributed by atoms with E-state index in [1.54, 1.807) is 12.1 Å². The molecule has 0 spiro atoms. The Morgan fingerprint density at radius 3 is 2.56 bits per heavy atom. The Morgan fingerprint density at radius 2 is 1.88 bits per heavy atom. The van der Waals surface area contributed by atoms with Gasteiger partial charge in [0.15, 0.2) is 0 Å². The molecule has 0 saturated carbocycles. The number of hydrogen-bond acceptors (Lipinski definition) is 3. The molecule has 2 rings (SSSR count). The highest BCUT2D eigenvalue weighted by atomic mass is 79.9. The molecule has 0 unspecified atom stereocenters. The van der Waals surface area contributed by atoms with Gasteiger partial charge < -0.3 is 0 Å². The van der Waals surface area contributed by atoms with Gasteiger partial charge in [0.05, 0.1) is 10.0 Å². The first kappa shape index (κ1) is 10.9. The number of ketones is 1. The molecule has 0 saturated heterocycles. The van der Waals surface area contributed by atoms with Crippen molar-refractivity contribution >= 4 is 21.7 Å². The van der Waals surface area contributed by atoms with Crippen molar-refractivity contribution in [3.8, 4) is 0 Å². The zero-order chi connectivity index (χ0) is 11.5. The van der Waals surface area contributed by atoms with Gasteiger partial charge in [-0.2, -0.15) is 0 Å². The lowest BCUT2D eigenvalue weighted by Crippen LogP contribution is -2.08. The average Bonchev–Trinajstić information content (AvgIpc) is 2.33. The summed E-state index contributed by atoms with van der Waals surface area (Å²) in [5.74, 6) is -1.14. The highest BCUT2D eigenvalue weighted by Gasteiger charge is 2.17. The van der Waals surface area contributed by atoms with Crippen molar-refractivity contribution in [1.82, 2.24) is 9.97 Å². The fourth-order valence-corrected chi connectivity index (χ4v) is 1.58. The van der Waals surface area contributed by atoms with Crippen LogP contribution in [0.1, 0.15) is 16.2 Å². The van der Waals surface area contributed by atoms with Crippen LogP contribution in [-0.2, 0) is 0 Å². The summed E-state index contributed by atoms with van der Waals surface area (Å²) in [6.45, 7) is 0. The fourth-order valence-electron chi connectivity index (χ4n) is 1.22. The van der Waals surface area contributed by atoms with Crippen molar-refractivity contribution in [3.63, 3.8) is 0 Å². The normalized spacial score (nSPS) is 10.1. The van der Waals surface area contributed by atoms with Crippen molar-refractivity contribution < 1.29 is 9.18 Å². The standard InChI is InChI=1S/C11H6BrFN2O/c12-8-4-1-3-7(9(8)13)10(16)11-14-5-2-6-15-11/h1-6H. The van der Waals surface area contributed by atoms with Gasteiger partial charge in [-0.25, -0.2) is 14.4 Å². The molecule has 1 aromatic carbocycles. The van der Waals surface area contributed by atoms with Crippen LogP contribution >= 0.6 is 15.9 Å². The van der Waals surface area contributed by atoms with E-state index < -0.39 is 11.6 Å². The quantitative estimate of drug-likeness (QED) is 0.795. The number of hydrogen-bond donors (Lipinski definition) is 0. The summed E-state index contributed by atoms with van der Waals surface area (Å²) in [5.41, 5.74) is -0.0411. The Labute approximate surface area is 99.5 Å². The van der Waals surface area contributed by atoms with E-state index in [2.05, 4.69) is 25.9 Å². The Hall–Kier alpha value is -1.62. The van der Waals surface area contributed by atoms with Crippen LogP contribution < -0.4 is 0 Å². The van der Waals surface area contributed by atoms with E-state index >= 15 is 0 Å². The van der Waals surface area contributed by atoms with Crippen molar-refractivity contribution in [2.24, 2.45) is 0 Å². The largest absolute Gasteiger partial charge is 0.285 e. The molecule has 2 aromatic rings. The minimum absolute atomic E-state index is 0.0144. The molecule has 1 heterocycles. The van der Waals surface area contributed by atoms with Crippen LogP contribution in [0, 0.1) is 5.82 Å². The Balaban J connectivity index is 2.46. The third-order valence-electron chi connectivity index (χ3n) is 1.97. The van der Waals surface area contributed by atoms with Crippen molar-refractivity contribution in [3.05, 3.63) is 58.3 Å². The number of benzene rings is 1. The maximum Gasteiger partial charge on any atom is 0.233 e. The Morgan fingerprint density at radius 1 is 1.19 bits per heavy atom. The first-order valence-electron chi connectivity index (χ1n) is 4.46. The molecule has 0 fully saturated rings. The van der Waals surface area contributed by atoms with Crippen LogP contribution in [0.4, 0.5) is 4.39 Å². The van der Waals surface area contributed by atoms with Crippen molar-refractivity contribution in [1.29, 1.82) is 0 Å². The number of rotatable bonds is 2. The highest BCUT2D eigenvalue weighted by Crippen LogP contribution is 2.19. The molecule has 16 heavy (non-hydrogen) atoms. The molecule has 0 amide bonds. The van der Waals surface area contributed by atoms with Gasteiger partial charge in [0, 0.05) is 12.4 Å². The molecule has 0 aliphatic heterocycles. The van der Waals surface area contributed by atoms with E-state index in [0.717, 1.165) is 0 Å². The smallest absolute Gasteiger partial charge is 0.233 e. The predicted molar refractivity (Wildman–Crippen MR) is 59.6 cm³/mol. The zero-order valence-electron chi connectivity index (χ0n) is 8.02. The summed E-state index contributed by atoms with van der Waals surface area (Å²) in [4.78, 5) is 19.4. The van der Waals surface area contributed by atoms with Gasteiger partial charge in [-0.3, -0.25) is 4.79 Å². The molecule has 0 radical (unpaired) electrons.